The number of sulfonamides is 1. The van der Waals surface area contributed by atoms with E-state index in [1.54, 1.807) is 55.1 Å². The van der Waals surface area contributed by atoms with E-state index in [-0.39, 0.29) is 22.7 Å². The van der Waals surface area contributed by atoms with Crippen LogP contribution in [0.25, 0.3) is 0 Å². The molecule has 0 radical (unpaired) electrons. The summed E-state index contributed by atoms with van der Waals surface area (Å²) in [6, 6.07) is 13.1. The summed E-state index contributed by atoms with van der Waals surface area (Å²) in [4.78, 5) is 26.8. The minimum absolute atomic E-state index is 0.155. The van der Waals surface area contributed by atoms with Crippen molar-refractivity contribution in [2.24, 2.45) is 5.92 Å². The predicted octanol–water partition coefficient (Wildman–Crippen LogP) is 3.21. The highest BCUT2D eigenvalue weighted by molar-refractivity contribution is 7.92. The van der Waals surface area contributed by atoms with Crippen LogP contribution in [-0.4, -0.2) is 44.9 Å². The van der Waals surface area contributed by atoms with Crippen molar-refractivity contribution in [2.75, 3.05) is 24.4 Å². The fourth-order valence-corrected chi connectivity index (χ4v) is 4.67. The molecule has 1 saturated heterocycles. The first kappa shape index (κ1) is 21.8. The lowest BCUT2D eigenvalue weighted by Gasteiger charge is -2.31. The molecule has 8 heteroatoms. The zero-order chi connectivity index (χ0) is 21.7. The number of benzene rings is 2. The Morgan fingerprint density at radius 2 is 1.73 bits per heavy atom. The van der Waals surface area contributed by atoms with Crippen LogP contribution in [0, 0.1) is 12.8 Å². The Bertz CT molecular complexity index is 1010. The van der Waals surface area contributed by atoms with Gasteiger partial charge in [0.1, 0.15) is 0 Å². The number of carbonyl (C=O) groups is 2. The van der Waals surface area contributed by atoms with Gasteiger partial charge >= 0.3 is 5.97 Å². The normalized spacial score (nSPS) is 14.9. The van der Waals surface area contributed by atoms with Crippen LogP contribution in [0.5, 0.6) is 0 Å². The molecule has 0 saturated carbocycles. The van der Waals surface area contributed by atoms with Crippen molar-refractivity contribution in [3.05, 3.63) is 59.7 Å². The highest BCUT2D eigenvalue weighted by Gasteiger charge is 2.29. The van der Waals surface area contributed by atoms with Crippen LogP contribution < -0.4 is 4.72 Å². The van der Waals surface area contributed by atoms with Gasteiger partial charge in [-0.1, -0.05) is 24.3 Å². The van der Waals surface area contributed by atoms with Gasteiger partial charge in [0, 0.05) is 18.7 Å². The van der Waals surface area contributed by atoms with Gasteiger partial charge in [-0.25, -0.2) is 8.42 Å². The first-order valence-electron chi connectivity index (χ1n) is 9.97. The molecule has 0 aliphatic carbocycles. The molecule has 1 aliphatic heterocycles. The molecule has 0 unspecified atom stereocenters. The van der Waals surface area contributed by atoms with Crippen molar-refractivity contribution in [2.45, 2.75) is 31.6 Å². The summed E-state index contributed by atoms with van der Waals surface area (Å²) >= 11 is 0. The minimum Gasteiger partial charge on any atom is -0.466 e. The van der Waals surface area contributed by atoms with E-state index >= 15 is 0 Å². The van der Waals surface area contributed by atoms with E-state index in [1.807, 2.05) is 0 Å². The number of nitrogens with zero attached hydrogens (tertiary/aromatic N) is 1. The Hall–Kier alpha value is -2.87. The molecule has 160 valence electrons. The van der Waals surface area contributed by atoms with Gasteiger partial charge < -0.3 is 9.64 Å². The quantitative estimate of drug-likeness (QED) is 0.711. The van der Waals surface area contributed by atoms with E-state index in [1.165, 1.54) is 12.1 Å². The second kappa shape index (κ2) is 9.30. The van der Waals surface area contributed by atoms with Crippen LogP contribution in [0.3, 0.4) is 0 Å². The molecular formula is C22H26N2O5S. The van der Waals surface area contributed by atoms with Crippen LogP contribution in [0.4, 0.5) is 5.69 Å². The van der Waals surface area contributed by atoms with Crippen molar-refractivity contribution >= 4 is 27.6 Å². The lowest BCUT2D eigenvalue weighted by Crippen LogP contribution is -2.41. The number of rotatable bonds is 6. The number of ether oxygens (including phenoxy) is 1. The predicted molar refractivity (Wildman–Crippen MR) is 114 cm³/mol. The van der Waals surface area contributed by atoms with Crippen LogP contribution >= 0.6 is 0 Å². The molecule has 0 spiro atoms. The van der Waals surface area contributed by atoms with Crippen molar-refractivity contribution < 1.29 is 22.7 Å². The number of anilines is 1. The van der Waals surface area contributed by atoms with E-state index in [0.717, 1.165) is 0 Å². The zero-order valence-corrected chi connectivity index (χ0v) is 17.9. The van der Waals surface area contributed by atoms with E-state index < -0.39 is 10.0 Å². The molecule has 2 aromatic carbocycles. The molecule has 30 heavy (non-hydrogen) atoms. The standard InChI is InChI=1S/C22H26N2O5S/c1-3-29-22(26)17-12-14-24(15-13-17)21(25)19-10-7-11-20(16(19)2)23-30(27,28)18-8-5-4-6-9-18/h4-11,17,23H,3,12-15H2,1-2H3. The molecule has 1 N–H and O–H groups in total. The summed E-state index contributed by atoms with van der Waals surface area (Å²) in [6.07, 6.45) is 1.12. The number of amides is 1. The second-order valence-corrected chi connectivity index (χ2v) is 8.90. The lowest BCUT2D eigenvalue weighted by atomic mass is 9.96. The maximum Gasteiger partial charge on any atom is 0.309 e. The third-order valence-corrected chi connectivity index (χ3v) is 6.65. The molecular weight excluding hydrogens is 404 g/mol. The van der Waals surface area contributed by atoms with Crippen LogP contribution in [0.15, 0.2) is 53.4 Å². The lowest BCUT2D eigenvalue weighted by molar-refractivity contribution is -0.149. The SMILES string of the molecule is CCOC(=O)C1CCN(C(=O)c2cccc(NS(=O)(=O)c3ccccc3)c2C)CC1. The fraction of sp³-hybridized carbons (Fsp3) is 0.364. The maximum absolute atomic E-state index is 13.0. The maximum atomic E-state index is 13.0. The van der Waals surface area contributed by atoms with Gasteiger partial charge in [0.15, 0.2) is 0 Å². The van der Waals surface area contributed by atoms with Gasteiger partial charge in [-0.3, -0.25) is 14.3 Å². The average molecular weight is 431 g/mol. The fourth-order valence-electron chi connectivity index (χ4n) is 3.53. The van der Waals surface area contributed by atoms with E-state index in [0.29, 0.717) is 49.4 Å². The molecule has 0 bridgehead atoms. The van der Waals surface area contributed by atoms with Crippen molar-refractivity contribution in [1.29, 1.82) is 0 Å². The second-order valence-electron chi connectivity index (χ2n) is 7.22. The van der Waals surface area contributed by atoms with Crippen LogP contribution in [0.1, 0.15) is 35.7 Å². The molecule has 1 heterocycles. The highest BCUT2D eigenvalue weighted by atomic mass is 32.2. The minimum atomic E-state index is -3.75. The van der Waals surface area contributed by atoms with Gasteiger partial charge in [0.05, 0.1) is 23.1 Å². The first-order chi connectivity index (χ1) is 14.3. The van der Waals surface area contributed by atoms with Crippen LogP contribution in [-0.2, 0) is 19.6 Å². The van der Waals surface area contributed by atoms with Crippen LogP contribution in [0.2, 0.25) is 0 Å². The van der Waals surface area contributed by atoms with E-state index in [9.17, 15) is 18.0 Å². The van der Waals surface area contributed by atoms with Crippen molar-refractivity contribution in [3.63, 3.8) is 0 Å². The Kier molecular flexibility index (Phi) is 6.77. The Balaban J connectivity index is 1.74. The highest BCUT2D eigenvalue weighted by Crippen LogP contribution is 2.26. The molecule has 1 amide bonds. The topological polar surface area (TPSA) is 92.8 Å². The number of carbonyl (C=O) groups excluding carboxylic acids is 2. The largest absolute Gasteiger partial charge is 0.466 e. The molecule has 1 aliphatic rings. The monoisotopic (exact) mass is 430 g/mol. The summed E-state index contributed by atoms with van der Waals surface area (Å²) in [5, 5.41) is 0. The zero-order valence-electron chi connectivity index (χ0n) is 17.1. The molecule has 7 nitrogen and oxygen atoms in total. The van der Waals surface area contributed by atoms with Crippen molar-refractivity contribution in [3.8, 4) is 0 Å². The number of piperidine rings is 1. The number of hydrogen-bond donors (Lipinski definition) is 1. The number of nitrogens with one attached hydrogen (secondary N) is 1. The van der Waals surface area contributed by atoms with E-state index in [2.05, 4.69) is 4.72 Å². The third-order valence-electron chi connectivity index (χ3n) is 5.26. The number of hydrogen-bond acceptors (Lipinski definition) is 5. The van der Waals surface area contributed by atoms with Gasteiger partial charge in [-0.15, -0.1) is 0 Å². The smallest absolute Gasteiger partial charge is 0.309 e. The van der Waals surface area contributed by atoms with E-state index in [4.69, 9.17) is 4.74 Å². The Morgan fingerprint density at radius 1 is 1.07 bits per heavy atom. The average Bonchev–Trinajstić information content (AvgIpc) is 2.75. The summed E-state index contributed by atoms with van der Waals surface area (Å²) in [7, 11) is -3.75. The molecule has 0 aromatic heterocycles. The van der Waals surface area contributed by atoms with Gasteiger partial charge in [-0.2, -0.15) is 0 Å². The summed E-state index contributed by atoms with van der Waals surface area (Å²) in [5.41, 5.74) is 1.37. The third kappa shape index (κ3) is 4.81. The summed E-state index contributed by atoms with van der Waals surface area (Å²) in [6.45, 7) is 4.77. The number of esters is 1. The summed E-state index contributed by atoms with van der Waals surface area (Å²) < 4.78 is 32.9. The van der Waals surface area contributed by atoms with Gasteiger partial charge in [-0.05, 0) is 56.5 Å². The Labute approximate surface area is 177 Å². The molecule has 1 fully saturated rings. The molecule has 3 rings (SSSR count). The molecule has 0 atom stereocenters. The number of likely N-dealkylation sites (tertiary alicyclic amines) is 1. The van der Waals surface area contributed by atoms with Gasteiger partial charge in [0.25, 0.3) is 15.9 Å². The van der Waals surface area contributed by atoms with Crippen molar-refractivity contribution in [1.82, 2.24) is 4.90 Å². The Morgan fingerprint density at radius 3 is 2.37 bits per heavy atom. The first-order valence-corrected chi connectivity index (χ1v) is 11.4. The molecule has 2 aromatic rings. The van der Waals surface area contributed by atoms with Gasteiger partial charge in [0.2, 0.25) is 0 Å². The summed E-state index contributed by atoms with van der Waals surface area (Å²) in [5.74, 6) is -0.562.